The van der Waals surface area contributed by atoms with E-state index in [-0.39, 0.29) is 5.82 Å². The van der Waals surface area contributed by atoms with Crippen LogP contribution in [0.3, 0.4) is 0 Å². The van der Waals surface area contributed by atoms with Crippen LogP contribution in [0.5, 0.6) is 0 Å². The topological polar surface area (TPSA) is 73.8 Å². The van der Waals surface area contributed by atoms with Gasteiger partial charge in [0.25, 0.3) is 5.91 Å². The van der Waals surface area contributed by atoms with Crippen LogP contribution in [0.2, 0.25) is 0 Å². The molecule has 0 spiro atoms. The third-order valence-corrected chi connectivity index (χ3v) is 2.59. The van der Waals surface area contributed by atoms with E-state index >= 15 is 0 Å². The van der Waals surface area contributed by atoms with Gasteiger partial charge in [0.15, 0.2) is 0 Å². The predicted molar refractivity (Wildman–Crippen MR) is 67.3 cm³/mol. The number of imidazole rings is 1. The van der Waals surface area contributed by atoms with Crippen LogP contribution in [0.25, 0.3) is 5.82 Å². The zero-order chi connectivity index (χ0) is 13.3. The summed E-state index contributed by atoms with van der Waals surface area (Å²) in [4.78, 5) is 19.7. The van der Waals surface area contributed by atoms with Crippen LogP contribution in [-0.2, 0) is 0 Å². The molecule has 0 saturated heterocycles. The summed E-state index contributed by atoms with van der Waals surface area (Å²) in [5.41, 5.74) is 7.39. The van der Waals surface area contributed by atoms with E-state index in [1.807, 2.05) is 13.0 Å². The van der Waals surface area contributed by atoms with Crippen LogP contribution >= 0.6 is 0 Å². The molecule has 0 aliphatic rings. The molecule has 5 heteroatoms. The first-order chi connectivity index (χ1) is 8.54. The van der Waals surface area contributed by atoms with Crippen molar-refractivity contribution in [2.45, 2.75) is 13.8 Å². The Bertz CT molecular complexity index is 647. The molecule has 2 N–H and O–H groups in total. The predicted octanol–water partition coefficient (Wildman–Crippen LogP) is 0.964. The summed E-state index contributed by atoms with van der Waals surface area (Å²) >= 11 is 0. The quantitative estimate of drug-likeness (QED) is 0.795. The Morgan fingerprint density at radius 3 is 2.67 bits per heavy atom. The van der Waals surface area contributed by atoms with E-state index in [4.69, 9.17) is 12.2 Å². The largest absolute Gasteiger partial charge is 0.363 e. The van der Waals surface area contributed by atoms with E-state index in [1.54, 1.807) is 23.8 Å². The number of primary amides is 1. The molecule has 2 aromatic heterocycles. The lowest BCUT2D eigenvalue weighted by atomic mass is 10.3. The van der Waals surface area contributed by atoms with Crippen molar-refractivity contribution >= 4 is 5.91 Å². The van der Waals surface area contributed by atoms with E-state index in [9.17, 15) is 4.79 Å². The van der Waals surface area contributed by atoms with Crippen LogP contribution in [0.15, 0.2) is 18.3 Å². The second-order valence-electron chi connectivity index (χ2n) is 3.91. The standard InChI is InChI=1S/C13H12N4O/c1-4-10-9(3)17(13(16-10)12(14)18)11-6-5-8(2)7-15-11/h1,5-7H,2-3H3,(H2,14,18). The summed E-state index contributed by atoms with van der Waals surface area (Å²) in [6.45, 7) is 3.70. The number of carbonyl (C=O) groups is 1. The number of aromatic nitrogens is 3. The van der Waals surface area contributed by atoms with Gasteiger partial charge in [-0.1, -0.05) is 6.07 Å². The van der Waals surface area contributed by atoms with Gasteiger partial charge in [0, 0.05) is 6.20 Å². The van der Waals surface area contributed by atoms with Gasteiger partial charge in [0.2, 0.25) is 5.82 Å². The molecule has 0 radical (unpaired) electrons. The first-order valence-corrected chi connectivity index (χ1v) is 5.33. The first kappa shape index (κ1) is 11.9. The SMILES string of the molecule is C#Cc1nc(C(N)=O)n(-c2ccc(C)cn2)c1C. The van der Waals surface area contributed by atoms with Crippen molar-refractivity contribution in [2.75, 3.05) is 0 Å². The number of nitrogens with zero attached hydrogens (tertiary/aromatic N) is 3. The van der Waals surface area contributed by atoms with Crippen LogP contribution < -0.4 is 5.73 Å². The Morgan fingerprint density at radius 1 is 1.44 bits per heavy atom. The van der Waals surface area contributed by atoms with Crippen molar-refractivity contribution in [1.29, 1.82) is 0 Å². The van der Waals surface area contributed by atoms with E-state index in [1.165, 1.54) is 0 Å². The molecule has 2 rings (SSSR count). The van der Waals surface area contributed by atoms with Crippen LogP contribution in [0.1, 0.15) is 27.6 Å². The van der Waals surface area contributed by atoms with E-state index < -0.39 is 5.91 Å². The summed E-state index contributed by atoms with van der Waals surface area (Å²) in [5, 5.41) is 0. The van der Waals surface area contributed by atoms with Gasteiger partial charge in [0.1, 0.15) is 11.5 Å². The molecule has 0 atom stereocenters. The Hall–Kier alpha value is -2.61. The summed E-state index contributed by atoms with van der Waals surface area (Å²) in [7, 11) is 0. The smallest absolute Gasteiger partial charge is 0.285 e. The highest BCUT2D eigenvalue weighted by Gasteiger charge is 2.18. The molecule has 2 heterocycles. The van der Waals surface area contributed by atoms with Crippen molar-refractivity contribution in [2.24, 2.45) is 5.73 Å². The van der Waals surface area contributed by atoms with Crippen molar-refractivity contribution in [3.63, 3.8) is 0 Å². The zero-order valence-electron chi connectivity index (χ0n) is 10.1. The highest BCUT2D eigenvalue weighted by Crippen LogP contribution is 2.16. The van der Waals surface area contributed by atoms with Gasteiger partial charge in [-0.25, -0.2) is 9.97 Å². The molecular weight excluding hydrogens is 228 g/mol. The lowest BCUT2D eigenvalue weighted by molar-refractivity contribution is 0.0988. The lowest BCUT2D eigenvalue weighted by Gasteiger charge is -2.07. The number of hydrogen-bond acceptors (Lipinski definition) is 3. The molecule has 0 fully saturated rings. The highest BCUT2D eigenvalue weighted by atomic mass is 16.1. The monoisotopic (exact) mass is 240 g/mol. The first-order valence-electron chi connectivity index (χ1n) is 5.33. The normalized spacial score (nSPS) is 10.1. The highest BCUT2D eigenvalue weighted by molar-refractivity contribution is 5.90. The maximum absolute atomic E-state index is 11.4. The number of hydrogen-bond donors (Lipinski definition) is 1. The van der Waals surface area contributed by atoms with Gasteiger partial charge >= 0.3 is 0 Å². The number of terminal acetylenes is 1. The molecule has 0 bridgehead atoms. The lowest BCUT2D eigenvalue weighted by Crippen LogP contribution is -2.18. The van der Waals surface area contributed by atoms with Gasteiger partial charge in [-0.3, -0.25) is 9.36 Å². The molecule has 0 aliphatic heterocycles. The van der Waals surface area contributed by atoms with Gasteiger partial charge in [-0.2, -0.15) is 0 Å². The molecule has 0 unspecified atom stereocenters. The molecule has 18 heavy (non-hydrogen) atoms. The fourth-order valence-corrected chi connectivity index (χ4v) is 1.68. The molecule has 0 aromatic carbocycles. The van der Waals surface area contributed by atoms with Crippen molar-refractivity contribution in [3.8, 4) is 18.2 Å². The number of pyridine rings is 1. The van der Waals surface area contributed by atoms with Crippen molar-refractivity contribution in [1.82, 2.24) is 14.5 Å². The van der Waals surface area contributed by atoms with E-state index in [0.29, 0.717) is 17.2 Å². The fraction of sp³-hybridized carbons (Fsp3) is 0.154. The average molecular weight is 240 g/mol. The van der Waals surface area contributed by atoms with Gasteiger partial charge < -0.3 is 5.73 Å². The maximum Gasteiger partial charge on any atom is 0.285 e. The third kappa shape index (κ3) is 1.84. The average Bonchev–Trinajstić information content (AvgIpc) is 2.68. The van der Waals surface area contributed by atoms with E-state index in [0.717, 1.165) is 5.56 Å². The molecule has 0 aliphatic carbocycles. The van der Waals surface area contributed by atoms with Crippen LogP contribution in [0, 0.1) is 26.2 Å². The minimum absolute atomic E-state index is 0.0943. The summed E-state index contributed by atoms with van der Waals surface area (Å²) in [6, 6.07) is 3.68. The molecule has 2 aromatic rings. The van der Waals surface area contributed by atoms with Crippen molar-refractivity contribution in [3.05, 3.63) is 41.1 Å². The number of nitrogens with two attached hydrogens (primary N) is 1. The number of rotatable bonds is 2. The number of amides is 1. The molecule has 5 nitrogen and oxygen atoms in total. The minimum atomic E-state index is -0.637. The Labute approximate surface area is 105 Å². The maximum atomic E-state index is 11.4. The van der Waals surface area contributed by atoms with Gasteiger partial charge in [-0.15, -0.1) is 6.42 Å². The Morgan fingerprint density at radius 2 is 2.17 bits per heavy atom. The summed E-state index contributed by atoms with van der Waals surface area (Å²) < 4.78 is 1.57. The Kier molecular flexibility index (Phi) is 2.86. The molecular formula is C13H12N4O. The van der Waals surface area contributed by atoms with Gasteiger partial charge in [0.05, 0.1) is 5.69 Å². The molecule has 90 valence electrons. The van der Waals surface area contributed by atoms with Crippen molar-refractivity contribution < 1.29 is 4.79 Å². The van der Waals surface area contributed by atoms with Gasteiger partial charge in [-0.05, 0) is 31.4 Å². The third-order valence-electron chi connectivity index (χ3n) is 2.59. The van der Waals surface area contributed by atoms with Crippen LogP contribution in [-0.4, -0.2) is 20.4 Å². The minimum Gasteiger partial charge on any atom is -0.363 e. The molecule has 1 amide bonds. The summed E-state index contributed by atoms with van der Waals surface area (Å²) in [6.07, 6.45) is 7.04. The zero-order valence-corrected chi connectivity index (χ0v) is 10.1. The number of carbonyl (C=O) groups excluding carboxylic acids is 1. The fourth-order valence-electron chi connectivity index (χ4n) is 1.68. The molecule has 0 saturated carbocycles. The second-order valence-corrected chi connectivity index (χ2v) is 3.91. The second kappa shape index (κ2) is 4.34. The van der Waals surface area contributed by atoms with E-state index in [2.05, 4.69) is 15.9 Å². The van der Waals surface area contributed by atoms with Crippen LogP contribution in [0.4, 0.5) is 0 Å². The Balaban J connectivity index is 2.70. The number of aryl methyl sites for hydroxylation is 1. The summed E-state index contributed by atoms with van der Waals surface area (Å²) in [5.74, 6) is 2.45.